The summed E-state index contributed by atoms with van der Waals surface area (Å²) < 4.78 is 0. The van der Waals surface area contributed by atoms with Crippen molar-refractivity contribution in [1.82, 2.24) is 5.32 Å². The Balaban J connectivity index is 3.60. The molecule has 1 unspecified atom stereocenters. The van der Waals surface area contributed by atoms with E-state index in [0.29, 0.717) is 6.42 Å². The number of carbonyl (C=O) groups is 1. The van der Waals surface area contributed by atoms with Crippen LogP contribution in [0.15, 0.2) is 12.2 Å². The summed E-state index contributed by atoms with van der Waals surface area (Å²) in [6.07, 6.45) is 46.7. The second-order valence-corrected chi connectivity index (χ2v) is 15.3. The van der Waals surface area contributed by atoms with Crippen molar-refractivity contribution in [2.75, 3.05) is 6.61 Å². The van der Waals surface area contributed by atoms with E-state index in [2.05, 4.69) is 19.2 Å². The van der Waals surface area contributed by atoms with Gasteiger partial charge in [-0.05, 0) is 19.3 Å². The van der Waals surface area contributed by atoms with Crippen molar-refractivity contribution in [3.8, 4) is 0 Å². The lowest BCUT2D eigenvalue weighted by atomic mass is 10.0. The molecule has 0 spiro atoms. The molecule has 1 amide bonds. The molecule has 5 heteroatoms. The van der Waals surface area contributed by atoms with Gasteiger partial charge >= 0.3 is 0 Å². The Bertz CT molecular complexity index is 684. The van der Waals surface area contributed by atoms with Gasteiger partial charge < -0.3 is 20.6 Å². The second kappa shape index (κ2) is 39.9. The number of amides is 1. The second-order valence-electron chi connectivity index (χ2n) is 15.3. The van der Waals surface area contributed by atoms with E-state index in [4.69, 9.17) is 0 Å². The highest BCUT2D eigenvalue weighted by Crippen LogP contribution is 2.16. The normalized spacial score (nSPS) is 13.7. The third-order valence-corrected chi connectivity index (χ3v) is 10.4. The number of unbranched alkanes of at least 4 members (excludes halogenated alkanes) is 32. The van der Waals surface area contributed by atoms with Gasteiger partial charge in [-0.2, -0.15) is 0 Å². The van der Waals surface area contributed by atoms with Crippen molar-refractivity contribution in [3.05, 3.63) is 12.2 Å². The van der Waals surface area contributed by atoms with Crippen molar-refractivity contribution < 1.29 is 20.1 Å². The van der Waals surface area contributed by atoms with Crippen LogP contribution in [0.3, 0.4) is 0 Å². The minimum atomic E-state index is -1.09. The van der Waals surface area contributed by atoms with E-state index >= 15 is 0 Å². The third kappa shape index (κ3) is 35.3. The number of hydrogen-bond acceptors (Lipinski definition) is 4. The minimum Gasteiger partial charge on any atom is -0.394 e. The van der Waals surface area contributed by atoms with Crippen LogP contribution < -0.4 is 5.32 Å². The molecule has 0 heterocycles. The molecule has 0 aliphatic heterocycles. The molecule has 0 radical (unpaired) electrons. The zero-order valence-corrected chi connectivity index (χ0v) is 33.1. The number of nitrogens with one attached hydrogen (secondary N) is 1. The van der Waals surface area contributed by atoms with Crippen LogP contribution in [-0.2, 0) is 4.79 Å². The number of aliphatic hydroxyl groups excluding tert-OH is 3. The summed E-state index contributed by atoms with van der Waals surface area (Å²) in [5.74, 6) is -0.500. The zero-order chi connectivity index (χ0) is 35.9. The van der Waals surface area contributed by atoms with Gasteiger partial charge in [0.2, 0.25) is 5.91 Å². The Labute approximate surface area is 306 Å². The summed E-state index contributed by atoms with van der Waals surface area (Å²) in [5.41, 5.74) is 0. The highest BCUT2D eigenvalue weighted by Gasteiger charge is 2.22. The summed E-state index contributed by atoms with van der Waals surface area (Å²) in [4.78, 5) is 12.4. The van der Waals surface area contributed by atoms with E-state index < -0.39 is 24.2 Å². The molecule has 0 saturated heterocycles. The monoisotopic (exact) mass is 694 g/mol. The lowest BCUT2D eigenvalue weighted by molar-refractivity contribution is -0.131. The highest BCUT2D eigenvalue weighted by molar-refractivity contribution is 5.80. The van der Waals surface area contributed by atoms with E-state index in [1.165, 1.54) is 186 Å². The van der Waals surface area contributed by atoms with E-state index in [1.807, 2.05) is 6.08 Å². The number of allylic oxidation sites excluding steroid dienone is 1. The molecule has 0 aliphatic rings. The number of hydrogen-bond donors (Lipinski definition) is 4. The Hall–Kier alpha value is -0.910. The van der Waals surface area contributed by atoms with E-state index in [9.17, 15) is 20.1 Å². The fraction of sp³-hybridized carbons (Fsp3) is 0.932. The Kier molecular flexibility index (Phi) is 39.1. The first-order chi connectivity index (χ1) is 24.1. The van der Waals surface area contributed by atoms with E-state index in [-0.39, 0.29) is 6.61 Å². The van der Waals surface area contributed by atoms with Gasteiger partial charge in [0.1, 0.15) is 6.10 Å². The molecular weight excluding hydrogens is 606 g/mol. The topological polar surface area (TPSA) is 89.8 Å². The smallest absolute Gasteiger partial charge is 0.249 e. The Morgan fingerprint density at radius 1 is 0.490 bits per heavy atom. The molecule has 0 saturated carbocycles. The standard InChI is InChI=1S/C44H87NO4/c1-3-5-7-9-11-13-15-17-18-19-20-21-22-23-24-25-27-29-31-33-35-37-39-43(48)44(49)45-41(40-46)42(47)38-36-34-32-30-28-26-16-14-12-10-8-6-4-2/h36,38,41-43,46-48H,3-35,37,39-40H2,1-2H3,(H,45,49)/b38-36+/t41-,42+,43?/m0/s1. The molecule has 0 bridgehead atoms. The summed E-state index contributed by atoms with van der Waals surface area (Å²) in [6, 6.07) is -0.791. The first-order valence-corrected chi connectivity index (χ1v) is 22.0. The minimum absolute atomic E-state index is 0.359. The van der Waals surface area contributed by atoms with Crippen LogP contribution in [0.2, 0.25) is 0 Å². The fourth-order valence-corrected chi connectivity index (χ4v) is 6.89. The fourth-order valence-electron chi connectivity index (χ4n) is 6.89. The predicted molar refractivity (Wildman–Crippen MR) is 213 cm³/mol. The molecule has 4 N–H and O–H groups in total. The van der Waals surface area contributed by atoms with Gasteiger partial charge in [0.05, 0.1) is 18.8 Å². The summed E-state index contributed by atoms with van der Waals surface area (Å²) in [6.45, 7) is 4.19. The average Bonchev–Trinajstić information content (AvgIpc) is 3.11. The molecule has 49 heavy (non-hydrogen) atoms. The van der Waals surface area contributed by atoms with Crippen LogP contribution >= 0.6 is 0 Å². The molecule has 0 aromatic carbocycles. The quantitative estimate of drug-likeness (QED) is 0.0380. The molecule has 0 rings (SSSR count). The highest BCUT2D eigenvalue weighted by atomic mass is 16.3. The Morgan fingerprint density at radius 2 is 0.796 bits per heavy atom. The summed E-state index contributed by atoms with van der Waals surface area (Å²) >= 11 is 0. The van der Waals surface area contributed by atoms with Gasteiger partial charge in [0.15, 0.2) is 0 Å². The van der Waals surface area contributed by atoms with Crippen molar-refractivity contribution in [2.24, 2.45) is 0 Å². The van der Waals surface area contributed by atoms with E-state index in [0.717, 1.165) is 32.1 Å². The Morgan fingerprint density at radius 3 is 1.12 bits per heavy atom. The van der Waals surface area contributed by atoms with Crippen LogP contribution in [0.5, 0.6) is 0 Å². The van der Waals surface area contributed by atoms with E-state index in [1.54, 1.807) is 6.08 Å². The molecule has 5 nitrogen and oxygen atoms in total. The maximum Gasteiger partial charge on any atom is 0.249 e. The number of carbonyl (C=O) groups excluding carboxylic acids is 1. The molecule has 0 aliphatic carbocycles. The maximum atomic E-state index is 12.4. The van der Waals surface area contributed by atoms with Crippen LogP contribution in [-0.4, -0.2) is 46.1 Å². The average molecular weight is 694 g/mol. The van der Waals surface area contributed by atoms with Gasteiger partial charge in [-0.3, -0.25) is 4.79 Å². The molecule has 0 aromatic rings. The predicted octanol–water partition coefficient (Wildman–Crippen LogP) is 12.4. The van der Waals surface area contributed by atoms with Gasteiger partial charge in [-0.15, -0.1) is 0 Å². The SMILES string of the molecule is CCCCCCCCCCCCC/C=C/[C@@H](O)[C@H](CO)NC(=O)C(O)CCCCCCCCCCCCCCCCCCCCCCCC. The first kappa shape index (κ1) is 48.1. The summed E-state index contributed by atoms with van der Waals surface area (Å²) in [5, 5.41) is 33.1. The van der Waals surface area contributed by atoms with Gasteiger partial charge in [-0.1, -0.05) is 231 Å². The maximum absolute atomic E-state index is 12.4. The molecule has 0 fully saturated rings. The summed E-state index contributed by atoms with van der Waals surface area (Å²) in [7, 11) is 0. The van der Waals surface area contributed by atoms with Crippen LogP contribution in [0.25, 0.3) is 0 Å². The van der Waals surface area contributed by atoms with Crippen LogP contribution in [0, 0.1) is 0 Å². The van der Waals surface area contributed by atoms with Gasteiger partial charge in [0, 0.05) is 0 Å². The van der Waals surface area contributed by atoms with Crippen LogP contribution in [0.1, 0.15) is 239 Å². The number of aliphatic hydroxyl groups is 3. The molecule has 292 valence electrons. The first-order valence-electron chi connectivity index (χ1n) is 22.0. The van der Waals surface area contributed by atoms with Crippen molar-refractivity contribution in [2.45, 2.75) is 257 Å². The molecular formula is C44H87NO4. The third-order valence-electron chi connectivity index (χ3n) is 10.4. The molecule has 0 aromatic heterocycles. The van der Waals surface area contributed by atoms with Crippen LogP contribution in [0.4, 0.5) is 0 Å². The zero-order valence-electron chi connectivity index (χ0n) is 33.1. The largest absolute Gasteiger partial charge is 0.394 e. The van der Waals surface area contributed by atoms with Crippen molar-refractivity contribution in [1.29, 1.82) is 0 Å². The van der Waals surface area contributed by atoms with Crippen molar-refractivity contribution >= 4 is 5.91 Å². The lowest BCUT2D eigenvalue weighted by Gasteiger charge is -2.21. The van der Waals surface area contributed by atoms with Gasteiger partial charge in [0.25, 0.3) is 0 Å². The lowest BCUT2D eigenvalue weighted by Crippen LogP contribution is -2.48. The van der Waals surface area contributed by atoms with Gasteiger partial charge in [-0.25, -0.2) is 0 Å². The van der Waals surface area contributed by atoms with Crippen molar-refractivity contribution in [3.63, 3.8) is 0 Å². The number of rotatable bonds is 40. The molecule has 3 atom stereocenters.